The van der Waals surface area contributed by atoms with Gasteiger partial charge < -0.3 is 5.73 Å². The molecule has 16 heavy (non-hydrogen) atoms. The van der Waals surface area contributed by atoms with Gasteiger partial charge in [-0.1, -0.05) is 11.6 Å². The summed E-state index contributed by atoms with van der Waals surface area (Å²) >= 11 is 10.5. The summed E-state index contributed by atoms with van der Waals surface area (Å²) in [5, 5.41) is 2.32. The van der Waals surface area contributed by atoms with Crippen LogP contribution in [0.3, 0.4) is 0 Å². The van der Waals surface area contributed by atoms with Gasteiger partial charge in [0.2, 0.25) is 5.78 Å². The van der Waals surface area contributed by atoms with Crippen molar-refractivity contribution in [2.75, 3.05) is 5.73 Å². The van der Waals surface area contributed by atoms with E-state index in [4.69, 9.17) is 17.3 Å². The third kappa shape index (κ3) is 2.14. The fraction of sp³-hybridized carbons (Fsp3) is 0. The van der Waals surface area contributed by atoms with Crippen molar-refractivity contribution in [2.24, 2.45) is 0 Å². The molecule has 0 fully saturated rings. The molecule has 0 spiro atoms. The molecule has 5 heteroatoms. The van der Waals surface area contributed by atoms with Crippen LogP contribution in [0.2, 0.25) is 5.02 Å². The van der Waals surface area contributed by atoms with Gasteiger partial charge in [-0.25, -0.2) is 0 Å². The molecular formula is C11H7BrClNOS. The molecule has 2 rings (SSSR count). The van der Waals surface area contributed by atoms with E-state index in [2.05, 4.69) is 15.9 Å². The number of carbonyl (C=O) groups is 1. The molecule has 2 nitrogen and oxygen atoms in total. The summed E-state index contributed by atoms with van der Waals surface area (Å²) in [6.07, 6.45) is 0. The number of anilines is 1. The number of nitrogen functional groups attached to an aromatic ring is 1. The second-order valence-electron chi connectivity index (χ2n) is 3.16. The molecule has 0 bridgehead atoms. The molecular weight excluding hydrogens is 310 g/mol. The Morgan fingerprint density at radius 2 is 2.12 bits per heavy atom. The van der Waals surface area contributed by atoms with Crippen LogP contribution in [-0.2, 0) is 0 Å². The van der Waals surface area contributed by atoms with Crippen LogP contribution in [0.15, 0.2) is 34.1 Å². The highest BCUT2D eigenvalue weighted by Crippen LogP contribution is 2.27. The maximum Gasteiger partial charge on any atom is 0.204 e. The maximum absolute atomic E-state index is 12.1. The number of carbonyl (C=O) groups excluding carboxylic acids is 1. The number of benzene rings is 1. The summed E-state index contributed by atoms with van der Waals surface area (Å²) in [5.74, 6) is -0.0507. The molecule has 0 amide bonds. The van der Waals surface area contributed by atoms with E-state index in [1.54, 1.807) is 18.2 Å². The van der Waals surface area contributed by atoms with Crippen molar-refractivity contribution in [1.29, 1.82) is 0 Å². The van der Waals surface area contributed by atoms with Crippen LogP contribution in [0.4, 0.5) is 5.69 Å². The SMILES string of the molecule is Nc1cc(C(=O)c2sccc2Br)ccc1Cl. The fourth-order valence-corrected chi connectivity index (χ4v) is 2.90. The molecule has 2 aromatic rings. The zero-order chi connectivity index (χ0) is 11.7. The van der Waals surface area contributed by atoms with Gasteiger partial charge in [-0.2, -0.15) is 0 Å². The predicted molar refractivity (Wildman–Crippen MR) is 71.3 cm³/mol. The first-order valence-corrected chi connectivity index (χ1v) is 6.47. The first-order chi connectivity index (χ1) is 7.59. The Morgan fingerprint density at radius 1 is 1.38 bits per heavy atom. The van der Waals surface area contributed by atoms with Crippen LogP contribution < -0.4 is 5.73 Å². The average Bonchev–Trinajstić information content (AvgIpc) is 2.67. The summed E-state index contributed by atoms with van der Waals surface area (Å²) in [4.78, 5) is 12.7. The molecule has 1 aromatic heterocycles. The Balaban J connectivity index is 2.42. The van der Waals surface area contributed by atoms with Crippen LogP contribution in [-0.4, -0.2) is 5.78 Å². The summed E-state index contributed by atoms with van der Waals surface area (Å²) in [6, 6.07) is 6.74. The standard InChI is InChI=1S/C11H7BrClNOS/c12-7-3-4-16-11(7)10(15)6-1-2-8(13)9(14)5-6/h1-5H,14H2. The third-order valence-corrected chi connectivity index (χ3v) is 4.26. The molecule has 2 N–H and O–H groups in total. The summed E-state index contributed by atoms with van der Waals surface area (Å²) < 4.78 is 0.802. The highest BCUT2D eigenvalue weighted by Gasteiger charge is 2.14. The van der Waals surface area contributed by atoms with Crippen LogP contribution in [0.5, 0.6) is 0 Å². The van der Waals surface area contributed by atoms with Crippen molar-refractivity contribution < 1.29 is 4.79 Å². The van der Waals surface area contributed by atoms with Gasteiger partial charge in [0, 0.05) is 10.0 Å². The minimum absolute atomic E-state index is 0.0507. The lowest BCUT2D eigenvalue weighted by Gasteiger charge is -2.02. The van der Waals surface area contributed by atoms with Crippen LogP contribution >= 0.6 is 38.9 Å². The summed E-state index contributed by atoms with van der Waals surface area (Å²) in [6.45, 7) is 0. The van der Waals surface area contributed by atoms with Crippen molar-refractivity contribution in [2.45, 2.75) is 0 Å². The molecule has 0 radical (unpaired) electrons. The first kappa shape index (κ1) is 11.6. The zero-order valence-corrected chi connectivity index (χ0v) is 11.2. The van der Waals surface area contributed by atoms with Crippen LogP contribution in [0.1, 0.15) is 15.2 Å². The lowest BCUT2D eigenvalue weighted by atomic mass is 10.1. The number of thiophene rings is 1. The molecule has 1 aromatic carbocycles. The van der Waals surface area contributed by atoms with E-state index >= 15 is 0 Å². The van der Waals surface area contributed by atoms with E-state index in [-0.39, 0.29) is 5.78 Å². The molecule has 0 aliphatic rings. The largest absolute Gasteiger partial charge is 0.398 e. The first-order valence-electron chi connectivity index (χ1n) is 4.42. The fourth-order valence-electron chi connectivity index (χ4n) is 1.27. The number of rotatable bonds is 2. The Kier molecular flexibility index (Phi) is 3.33. The molecule has 0 aliphatic carbocycles. The lowest BCUT2D eigenvalue weighted by molar-refractivity contribution is 0.104. The van der Waals surface area contributed by atoms with Crippen molar-refractivity contribution >= 4 is 50.3 Å². The van der Waals surface area contributed by atoms with Gasteiger partial charge in [-0.3, -0.25) is 4.79 Å². The van der Waals surface area contributed by atoms with E-state index in [0.29, 0.717) is 21.2 Å². The molecule has 1 heterocycles. The molecule has 0 saturated carbocycles. The zero-order valence-electron chi connectivity index (χ0n) is 8.04. The normalized spacial score (nSPS) is 10.4. The quantitative estimate of drug-likeness (QED) is 0.673. The van der Waals surface area contributed by atoms with E-state index in [1.807, 2.05) is 11.4 Å². The predicted octanol–water partition coefficient (Wildman–Crippen LogP) is 3.98. The van der Waals surface area contributed by atoms with Gasteiger partial charge in [0.25, 0.3) is 0 Å². The molecule has 0 unspecified atom stereocenters. The number of hydrogen-bond acceptors (Lipinski definition) is 3. The molecule has 82 valence electrons. The van der Waals surface area contributed by atoms with E-state index in [0.717, 1.165) is 4.47 Å². The lowest BCUT2D eigenvalue weighted by Crippen LogP contribution is -2.00. The van der Waals surface area contributed by atoms with Gasteiger partial charge in [-0.15, -0.1) is 11.3 Å². The topological polar surface area (TPSA) is 43.1 Å². The van der Waals surface area contributed by atoms with Gasteiger partial charge in [-0.05, 0) is 45.6 Å². The average molecular weight is 317 g/mol. The Bertz CT molecular complexity index is 553. The Hall–Kier alpha value is -0.840. The van der Waals surface area contributed by atoms with E-state index in [9.17, 15) is 4.79 Å². The van der Waals surface area contributed by atoms with Gasteiger partial charge in [0.05, 0.1) is 15.6 Å². The van der Waals surface area contributed by atoms with Crippen molar-refractivity contribution in [3.63, 3.8) is 0 Å². The molecule has 0 saturated heterocycles. The molecule has 0 aliphatic heterocycles. The van der Waals surface area contributed by atoms with Gasteiger partial charge >= 0.3 is 0 Å². The highest BCUT2D eigenvalue weighted by molar-refractivity contribution is 9.10. The van der Waals surface area contributed by atoms with Gasteiger partial charge in [0.1, 0.15) is 0 Å². The number of nitrogens with two attached hydrogens (primary N) is 1. The second kappa shape index (κ2) is 4.57. The summed E-state index contributed by atoms with van der Waals surface area (Å²) in [7, 11) is 0. The smallest absolute Gasteiger partial charge is 0.204 e. The minimum Gasteiger partial charge on any atom is -0.398 e. The van der Waals surface area contributed by atoms with Crippen molar-refractivity contribution in [3.05, 3.63) is 49.6 Å². The van der Waals surface area contributed by atoms with E-state index in [1.165, 1.54) is 11.3 Å². The number of halogens is 2. The monoisotopic (exact) mass is 315 g/mol. The van der Waals surface area contributed by atoms with Gasteiger partial charge in [0.15, 0.2) is 0 Å². The van der Waals surface area contributed by atoms with Crippen LogP contribution in [0.25, 0.3) is 0 Å². The summed E-state index contributed by atoms with van der Waals surface area (Å²) in [5.41, 5.74) is 6.62. The Morgan fingerprint density at radius 3 is 2.69 bits per heavy atom. The van der Waals surface area contributed by atoms with Crippen LogP contribution in [0, 0.1) is 0 Å². The maximum atomic E-state index is 12.1. The van der Waals surface area contributed by atoms with E-state index < -0.39 is 0 Å². The Labute approximate surface area is 110 Å². The van der Waals surface area contributed by atoms with Crippen molar-refractivity contribution in [3.8, 4) is 0 Å². The molecule has 0 atom stereocenters. The minimum atomic E-state index is -0.0507. The second-order valence-corrected chi connectivity index (χ2v) is 5.34. The van der Waals surface area contributed by atoms with Crippen molar-refractivity contribution in [1.82, 2.24) is 0 Å². The number of hydrogen-bond donors (Lipinski definition) is 1. The number of ketones is 1. The third-order valence-electron chi connectivity index (χ3n) is 2.08. The highest BCUT2D eigenvalue weighted by atomic mass is 79.9.